The molecule has 1 aromatic rings. The van der Waals surface area contributed by atoms with Crippen LogP contribution in [0.2, 0.25) is 0 Å². The van der Waals surface area contributed by atoms with Crippen LogP contribution in [0.15, 0.2) is 28.7 Å². The molecule has 0 bridgehead atoms. The van der Waals surface area contributed by atoms with Gasteiger partial charge in [-0.1, -0.05) is 48.0 Å². The lowest BCUT2D eigenvalue weighted by molar-refractivity contribution is -0.123. The van der Waals surface area contributed by atoms with Crippen molar-refractivity contribution in [3.8, 4) is 0 Å². The highest BCUT2D eigenvalue weighted by atomic mass is 79.9. The van der Waals surface area contributed by atoms with E-state index in [-0.39, 0.29) is 5.91 Å². The fourth-order valence-electron chi connectivity index (χ4n) is 1.96. The van der Waals surface area contributed by atoms with Gasteiger partial charge in [0, 0.05) is 4.47 Å². The van der Waals surface area contributed by atoms with E-state index in [0.717, 1.165) is 22.9 Å². The monoisotopic (exact) mass is 269 g/mol. The summed E-state index contributed by atoms with van der Waals surface area (Å²) in [6.45, 7) is 3.99. The topological polar surface area (TPSA) is 43.1 Å². The zero-order valence-corrected chi connectivity index (χ0v) is 10.7. The number of primary amides is 1. The number of benzene rings is 1. The van der Waals surface area contributed by atoms with E-state index in [4.69, 9.17) is 5.73 Å². The van der Waals surface area contributed by atoms with Crippen LogP contribution in [0, 0.1) is 0 Å². The number of halogens is 1. The van der Waals surface area contributed by atoms with Gasteiger partial charge in [0.2, 0.25) is 5.91 Å². The fourth-order valence-corrected chi connectivity index (χ4v) is 2.63. The van der Waals surface area contributed by atoms with Crippen LogP contribution in [0.1, 0.15) is 32.3 Å². The van der Waals surface area contributed by atoms with Gasteiger partial charge in [-0.15, -0.1) is 0 Å². The van der Waals surface area contributed by atoms with Crippen molar-refractivity contribution >= 4 is 21.8 Å². The average molecular weight is 270 g/mol. The second-order valence-electron chi connectivity index (χ2n) is 3.63. The second-order valence-corrected chi connectivity index (χ2v) is 4.49. The van der Waals surface area contributed by atoms with Crippen LogP contribution in [-0.2, 0) is 10.2 Å². The lowest BCUT2D eigenvalue weighted by atomic mass is 9.75. The SMILES string of the molecule is CCC(CC)(C(N)=O)c1ccccc1Br. The van der Waals surface area contributed by atoms with E-state index >= 15 is 0 Å². The maximum Gasteiger partial charge on any atom is 0.228 e. The smallest absolute Gasteiger partial charge is 0.228 e. The maximum absolute atomic E-state index is 11.6. The zero-order chi connectivity index (χ0) is 11.5. The molecule has 0 radical (unpaired) electrons. The standard InChI is InChI=1S/C12H16BrNO/c1-3-12(4-2,11(14)15)9-7-5-6-8-10(9)13/h5-8H,3-4H2,1-2H3,(H2,14,15). The van der Waals surface area contributed by atoms with E-state index in [0.29, 0.717) is 0 Å². The van der Waals surface area contributed by atoms with E-state index in [1.807, 2.05) is 38.1 Å². The Hall–Kier alpha value is -0.830. The number of rotatable bonds is 4. The summed E-state index contributed by atoms with van der Waals surface area (Å²) in [4.78, 5) is 11.6. The summed E-state index contributed by atoms with van der Waals surface area (Å²) < 4.78 is 0.951. The van der Waals surface area contributed by atoms with Gasteiger partial charge < -0.3 is 5.73 Å². The van der Waals surface area contributed by atoms with Gasteiger partial charge in [0.05, 0.1) is 5.41 Å². The summed E-state index contributed by atoms with van der Waals surface area (Å²) in [5, 5.41) is 0. The zero-order valence-electron chi connectivity index (χ0n) is 9.09. The Morgan fingerprint density at radius 3 is 2.27 bits per heavy atom. The minimum atomic E-state index is -0.542. The maximum atomic E-state index is 11.6. The van der Waals surface area contributed by atoms with Gasteiger partial charge in [0.1, 0.15) is 0 Å². The largest absolute Gasteiger partial charge is 0.369 e. The Labute approximate surface area is 99.0 Å². The van der Waals surface area contributed by atoms with Gasteiger partial charge >= 0.3 is 0 Å². The Kier molecular flexibility index (Phi) is 3.91. The summed E-state index contributed by atoms with van der Waals surface area (Å²) in [6, 6.07) is 7.77. The predicted molar refractivity (Wildman–Crippen MR) is 65.6 cm³/mol. The van der Waals surface area contributed by atoms with Crippen LogP contribution in [0.3, 0.4) is 0 Å². The molecule has 0 spiro atoms. The lowest BCUT2D eigenvalue weighted by Crippen LogP contribution is -2.40. The van der Waals surface area contributed by atoms with Gasteiger partial charge in [-0.2, -0.15) is 0 Å². The van der Waals surface area contributed by atoms with Crippen LogP contribution in [0.4, 0.5) is 0 Å². The third-order valence-corrected chi connectivity index (χ3v) is 3.76. The van der Waals surface area contributed by atoms with E-state index < -0.39 is 5.41 Å². The molecule has 3 heteroatoms. The van der Waals surface area contributed by atoms with Crippen molar-refractivity contribution in [3.63, 3.8) is 0 Å². The third kappa shape index (κ3) is 2.07. The third-order valence-electron chi connectivity index (χ3n) is 3.07. The normalized spacial score (nSPS) is 11.4. The van der Waals surface area contributed by atoms with Crippen LogP contribution >= 0.6 is 15.9 Å². The van der Waals surface area contributed by atoms with Crippen molar-refractivity contribution in [2.24, 2.45) is 5.73 Å². The van der Waals surface area contributed by atoms with Gasteiger partial charge in [-0.05, 0) is 24.5 Å². The second kappa shape index (κ2) is 4.79. The Balaban J connectivity index is 3.33. The van der Waals surface area contributed by atoms with E-state index in [1.54, 1.807) is 0 Å². The predicted octanol–water partition coefficient (Wildman–Crippen LogP) is 2.99. The molecule has 0 atom stereocenters. The van der Waals surface area contributed by atoms with Crippen molar-refractivity contribution in [2.75, 3.05) is 0 Å². The molecule has 0 aliphatic rings. The van der Waals surface area contributed by atoms with E-state index in [9.17, 15) is 4.79 Å². The first-order valence-corrected chi connectivity index (χ1v) is 5.92. The highest BCUT2D eigenvalue weighted by Crippen LogP contribution is 2.35. The summed E-state index contributed by atoms with van der Waals surface area (Å²) >= 11 is 3.47. The highest BCUT2D eigenvalue weighted by molar-refractivity contribution is 9.10. The summed E-state index contributed by atoms with van der Waals surface area (Å²) in [5.41, 5.74) is 5.98. The van der Waals surface area contributed by atoms with Gasteiger partial charge in [-0.25, -0.2) is 0 Å². The fraction of sp³-hybridized carbons (Fsp3) is 0.417. The van der Waals surface area contributed by atoms with Crippen LogP contribution in [0.5, 0.6) is 0 Å². The molecule has 0 aromatic heterocycles. The molecule has 2 nitrogen and oxygen atoms in total. The summed E-state index contributed by atoms with van der Waals surface area (Å²) in [7, 11) is 0. The van der Waals surface area contributed by atoms with Crippen molar-refractivity contribution in [3.05, 3.63) is 34.3 Å². The van der Waals surface area contributed by atoms with E-state index in [1.165, 1.54) is 0 Å². The molecule has 0 unspecified atom stereocenters. The van der Waals surface area contributed by atoms with Crippen molar-refractivity contribution in [1.29, 1.82) is 0 Å². The Morgan fingerprint density at radius 1 is 1.33 bits per heavy atom. The molecule has 82 valence electrons. The summed E-state index contributed by atoms with van der Waals surface area (Å²) in [5.74, 6) is -0.251. The molecular weight excluding hydrogens is 254 g/mol. The van der Waals surface area contributed by atoms with Crippen LogP contribution < -0.4 is 5.73 Å². The minimum absolute atomic E-state index is 0.251. The minimum Gasteiger partial charge on any atom is -0.369 e. The molecule has 0 aliphatic carbocycles. The molecule has 2 N–H and O–H groups in total. The quantitative estimate of drug-likeness (QED) is 0.898. The average Bonchev–Trinajstić information content (AvgIpc) is 2.22. The first-order valence-electron chi connectivity index (χ1n) is 5.13. The number of carbonyl (C=O) groups is 1. The molecule has 0 fully saturated rings. The van der Waals surface area contributed by atoms with Crippen LogP contribution in [0.25, 0.3) is 0 Å². The van der Waals surface area contributed by atoms with E-state index in [2.05, 4.69) is 15.9 Å². The van der Waals surface area contributed by atoms with Crippen molar-refractivity contribution < 1.29 is 4.79 Å². The molecular formula is C12H16BrNO. The number of nitrogens with two attached hydrogens (primary N) is 1. The summed E-state index contributed by atoms with van der Waals surface area (Å²) in [6.07, 6.45) is 1.45. The first-order chi connectivity index (χ1) is 7.08. The molecule has 0 heterocycles. The Morgan fingerprint density at radius 2 is 1.87 bits per heavy atom. The number of amides is 1. The van der Waals surface area contributed by atoms with Crippen LogP contribution in [-0.4, -0.2) is 5.91 Å². The van der Waals surface area contributed by atoms with Gasteiger partial charge in [0.15, 0.2) is 0 Å². The van der Waals surface area contributed by atoms with Gasteiger partial charge in [0.25, 0.3) is 0 Å². The van der Waals surface area contributed by atoms with Gasteiger partial charge in [-0.3, -0.25) is 4.79 Å². The number of carbonyl (C=O) groups excluding carboxylic acids is 1. The molecule has 1 amide bonds. The first kappa shape index (κ1) is 12.2. The lowest BCUT2D eigenvalue weighted by Gasteiger charge is -2.29. The molecule has 1 aromatic carbocycles. The molecule has 15 heavy (non-hydrogen) atoms. The Bertz CT molecular complexity index is 358. The molecule has 0 saturated carbocycles. The molecule has 0 aliphatic heterocycles. The van der Waals surface area contributed by atoms with Crippen molar-refractivity contribution in [1.82, 2.24) is 0 Å². The molecule has 1 rings (SSSR count). The number of hydrogen-bond donors (Lipinski definition) is 1. The molecule has 0 saturated heterocycles. The highest BCUT2D eigenvalue weighted by Gasteiger charge is 2.36. The van der Waals surface area contributed by atoms with Crippen molar-refractivity contribution in [2.45, 2.75) is 32.1 Å². The number of hydrogen-bond acceptors (Lipinski definition) is 1.